The van der Waals surface area contributed by atoms with E-state index in [1.54, 1.807) is 17.4 Å². The summed E-state index contributed by atoms with van der Waals surface area (Å²) in [5.41, 5.74) is 6.45. The average molecular weight is 380 g/mol. The van der Waals surface area contributed by atoms with Crippen LogP contribution < -0.4 is 5.43 Å². The minimum atomic E-state index is -0.106. The van der Waals surface area contributed by atoms with Gasteiger partial charge in [-0.1, -0.05) is 0 Å². The number of H-pyrrole nitrogens is 1. The summed E-state index contributed by atoms with van der Waals surface area (Å²) in [4.78, 5) is 19.7. The second-order valence-electron chi connectivity index (χ2n) is 6.88. The van der Waals surface area contributed by atoms with Crippen molar-refractivity contribution in [3.05, 3.63) is 54.0 Å². The number of fused-ring (bicyclic) bond motifs is 1. The smallest absolute Gasteiger partial charge is 0.273 e. The first-order chi connectivity index (χ1) is 13.7. The predicted molar refractivity (Wildman–Crippen MR) is 107 cm³/mol. The van der Waals surface area contributed by atoms with Gasteiger partial charge in [-0.3, -0.25) is 30.2 Å². The number of aromatic nitrogens is 3. The third-order valence-corrected chi connectivity index (χ3v) is 4.85. The summed E-state index contributed by atoms with van der Waals surface area (Å²) >= 11 is 0. The van der Waals surface area contributed by atoms with Crippen LogP contribution in [0.2, 0.25) is 0 Å². The van der Waals surface area contributed by atoms with E-state index < -0.39 is 0 Å². The first kappa shape index (κ1) is 18.4. The second kappa shape index (κ2) is 8.37. The number of hydrogen-bond acceptors (Lipinski definition) is 6. The standard InChI is InChI=1S/C20H24N6O2/c1-15-2-3-17(13-21-15)20(27)26(7-6-25-8-10-28-11-9-25)24-18-5-4-16-14-22-23-19(16)12-18/h2-5,12-14,24H,6-11H2,1H3,(H,22,23). The molecule has 0 atom stereocenters. The number of anilines is 1. The topological polar surface area (TPSA) is 86.4 Å². The zero-order valence-electron chi connectivity index (χ0n) is 15.9. The second-order valence-corrected chi connectivity index (χ2v) is 6.88. The maximum atomic E-state index is 13.1. The van der Waals surface area contributed by atoms with E-state index in [2.05, 4.69) is 25.5 Å². The van der Waals surface area contributed by atoms with Gasteiger partial charge in [-0.2, -0.15) is 5.10 Å². The lowest BCUT2D eigenvalue weighted by Crippen LogP contribution is -2.45. The van der Waals surface area contributed by atoms with Gasteiger partial charge < -0.3 is 4.74 Å². The number of carbonyl (C=O) groups is 1. The number of morpholine rings is 1. The molecule has 28 heavy (non-hydrogen) atoms. The summed E-state index contributed by atoms with van der Waals surface area (Å²) in [6, 6.07) is 9.53. The molecule has 4 rings (SSSR count). The molecule has 3 aromatic rings. The Labute approximate surface area is 163 Å². The molecule has 3 heterocycles. The third kappa shape index (κ3) is 4.29. The Kier molecular flexibility index (Phi) is 5.50. The number of aryl methyl sites for hydroxylation is 1. The van der Waals surface area contributed by atoms with Gasteiger partial charge in [0, 0.05) is 36.9 Å². The van der Waals surface area contributed by atoms with Gasteiger partial charge in [0.25, 0.3) is 5.91 Å². The molecule has 0 aliphatic carbocycles. The summed E-state index contributed by atoms with van der Waals surface area (Å²) < 4.78 is 5.41. The molecule has 0 bridgehead atoms. The normalized spacial score (nSPS) is 14.9. The molecule has 1 aromatic carbocycles. The highest BCUT2D eigenvalue weighted by atomic mass is 16.5. The Hall–Kier alpha value is -2.97. The van der Waals surface area contributed by atoms with Crippen molar-refractivity contribution in [3.63, 3.8) is 0 Å². The zero-order valence-corrected chi connectivity index (χ0v) is 15.9. The van der Waals surface area contributed by atoms with Gasteiger partial charge in [0.05, 0.1) is 42.7 Å². The summed E-state index contributed by atoms with van der Waals surface area (Å²) in [5, 5.41) is 9.69. The first-order valence-corrected chi connectivity index (χ1v) is 9.43. The van der Waals surface area contributed by atoms with E-state index in [9.17, 15) is 4.79 Å². The van der Waals surface area contributed by atoms with Crippen LogP contribution in [-0.2, 0) is 4.74 Å². The molecule has 1 aliphatic heterocycles. The lowest BCUT2D eigenvalue weighted by Gasteiger charge is -2.30. The van der Waals surface area contributed by atoms with Gasteiger partial charge in [-0.15, -0.1) is 0 Å². The van der Waals surface area contributed by atoms with Gasteiger partial charge in [0.15, 0.2) is 0 Å². The zero-order chi connectivity index (χ0) is 19.3. The highest BCUT2D eigenvalue weighted by molar-refractivity contribution is 5.95. The largest absolute Gasteiger partial charge is 0.379 e. The number of amides is 1. The molecule has 0 unspecified atom stereocenters. The summed E-state index contributed by atoms with van der Waals surface area (Å²) in [6.07, 6.45) is 3.40. The molecule has 1 saturated heterocycles. The van der Waals surface area contributed by atoms with Crippen molar-refractivity contribution in [1.29, 1.82) is 0 Å². The molecule has 8 nitrogen and oxygen atoms in total. The van der Waals surface area contributed by atoms with Crippen LogP contribution in [0.3, 0.4) is 0 Å². The molecule has 0 saturated carbocycles. The van der Waals surface area contributed by atoms with Gasteiger partial charge in [-0.05, 0) is 37.3 Å². The number of carbonyl (C=O) groups excluding carboxylic acids is 1. The van der Waals surface area contributed by atoms with Crippen molar-refractivity contribution in [2.75, 3.05) is 44.8 Å². The Morgan fingerprint density at radius 2 is 2.11 bits per heavy atom. The van der Waals surface area contributed by atoms with E-state index in [0.717, 1.165) is 55.1 Å². The van der Waals surface area contributed by atoms with Crippen molar-refractivity contribution in [1.82, 2.24) is 25.1 Å². The van der Waals surface area contributed by atoms with Crippen molar-refractivity contribution in [2.45, 2.75) is 6.92 Å². The SMILES string of the molecule is Cc1ccc(C(=O)N(CCN2CCOCC2)Nc2ccc3cn[nH]c3c2)cn1. The van der Waals surface area contributed by atoms with Gasteiger partial charge in [0.2, 0.25) is 0 Å². The molecule has 2 aromatic heterocycles. The number of aromatic amines is 1. The molecule has 1 amide bonds. The number of ether oxygens (including phenoxy) is 1. The lowest BCUT2D eigenvalue weighted by molar-refractivity contribution is 0.0337. The quantitative estimate of drug-likeness (QED) is 0.637. The minimum Gasteiger partial charge on any atom is -0.379 e. The Balaban J connectivity index is 1.52. The highest BCUT2D eigenvalue weighted by Gasteiger charge is 2.19. The lowest BCUT2D eigenvalue weighted by atomic mass is 10.2. The van der Waals surface area contributed by atoms with E-state index in [0.29, 0.717) is 12.1 Å². The van der Waals surface area contributed by atoms with E-state index in [1.807, 2.05) is 37.3 Å². The molecule has 0 spiro atoms. The predicted octanol–water partition coefficient (Wildman–Crippen LogP) is 2.07. The number of benzene rings is 1. The molecule has 1 fully saturated rings. The van der Waals surface area contributed by atoms with Gasteiger partial charge in [0.1, 0.15) is 0 Å². The van der Waals surface area contributed by atoms with Crippen LogP contribution in [0.5, 0.6) is 0 Å². The summed E-state index contributed by atoms with van der Waals surface area (Å²) in [7, 11) is 0. The third-order valence-electron chi connectivity index (χ3n) is 4.85. The average Bonchev–Trinajstić information content (AvgIpc) is 3.20. The maximum absolute atomic E-state index is 13.1. The first-order valence-electron chi connectivity index (χ1n) is 9.43. The molecular formula is C20H24N6O2. The van der Waals surface area contributed by atoms with Crippen molar-refractivity contribution < 1.29 is 9.53 Å². The van der Waals surface area contributed by atoms with Crippen LogP contribution >= 0.6 is 0 Å². The molecular weight excluding hydrogens is 356 g/mol. The minimum absolute atomic E-state index is 0.106. The fourth-order valence-corrected chi connectivity index (χ4v) is 3.19. The number of pyridine rings is 1. The molecule has 8 heteroatoms. The van der Waals surface area contributed by atoms with Crippen LogP contribution in [0.1, 0.15) is 16.1 Å². The monoisotopic (exact) mass is 380 g/mol. The van der Waals surface area contributed by atoms with Crippen molar-refractivity contribution in [3.8, 4) is 0 Å². The van der Waals surface area contributed by atoms with E-state index in [-0.39, 0.29) is 5.91 Å². The van der Waals surface area contributed by atoms with Crippen LogP contribution in [0.4, 0.5) is 5.69 Å². The molecule has 146 valence electrons. The number of hydrogen-bond donors (Lipinski definition) is 2. The molecule has 2 N–H and O–H groups in total. The van der Waals surface area contributed by atoms with Crippen LogP contribution in [0, 0.1) is 6.92 Å². The Morgan fingerprint density at radius 1 is 1.25 bits per heavy atom. The maximum Gasteiger partial charge on any atom is 0.273 e. The van der Waals surface area contributed by atoms with Gasteiger partial charge in [-0.25, -0.2) is 0 Å². The Morgan fingerprint density at radius 3 is 2.89 bits per heavy atom. The van der Waals surface area contributed by atoms with Crippen LogP contribution in [-0.4, -0.2) is 70.4 Å². The number of nitrogens with zero attached hydrogens (tertiary/aromatic N) is 4. The van der Waals surface area contributed by atoms with Crippen molar-refractivity contribution in [2.24, 2.45) is 0 Å². The van der Waals surface area contributed by atoms with Crippen molar-refractivity contribution >= 4 is 22.5 Å². The van der Waals surface area contributed by atoms with E-state index in [4.69, 9.17) is 4.74 Å². The fraction of sp³-hybridized carbons (Fsp3) is 0.350. The summed E-state index contributed by atoms with van der Waals surface area (Å²) in [6.45, 7) is 6.46. The number of nitrogens with one attached hydrogen (secondary N) is 2. The highest BCUT2D eigenvalue weighted by Crippen LogP contribution is 2.18. The number of rotatable bonds is 6. The van der Waals surface area contributed by atoms with Gasteiger partial charge >= 0.3 is 0 Å². The van der Waals surface area contributed by atoms with E-state index >= 15 is 0 Å². The van der Waals surface area contributed by atoms with Crippen LogP contribution in [0.15, 0.2) is 42.7 Å². The summed E-state index contributed by atoms with van der Waals surface area (Å²) in [5.74, 6) is -0.106. The fourth-order valence-electron chi connectivity index (χ4n) is 3.19. The Bertz CT molecular complexity index is 933. The molecule has 1 aliphatic rings. The molecule has 0 radical (unpaired) electrons. The van der Waals surface area contributed by atoms with E-state index in [1.165, 1.54) is 0 Å². The number of hydrazine groups is 1. The van der Waals surface area contributed by atoms with Crippen LogP contribution in [0.25, 0.3) is 10.9 Å².